The zero-order valence-corrected chi connectivity index (χ0v) is 9.89. The third-order valence-electron chi connectivity index (χ3n) is 3.37. The number of sulfone groups is 1. The summed E-state index contributed by atoms with van der Waals surface area (Å²) in [5, 5.41) is -0.237. The van der Waals surface area contributed by atoms with E-state index in [0.717, 1.165) is 12.8 Å². The number of hydrogen-bond donors (Lipinski definition) is 1. The van der Waals surface area contributed by atoms with Gasteiger partial charge in [0.15, 0.2) is 9.84 Å². The molecule has 0 aliphatic heterocycles. The van der Waals surface area contributed by atoms with Crippen molar-refractivity contribution in [1.29, 1.82) is 0 Å². The molecule has 0 aromatic rings. The molecule has 1 fully saturated rings. The van der Waals surface area contributed by atoms with Crippen molar-refractivity contribution in [3.05, 3.63) is 0 Å². The third kappa shape index (κ3) is 2.70. The van der Waals surface area contributed by atoms with Crippen LogP contribution in [0.25, 0.3) is 0 Å². The minimum absolute atomic E-state index is 0.237. The van der Waals surface area contributed by atoms with Gasteiger partial charge in [-0.3, -0.25) is 0 Å². The Kier molecular flexibility index (Phi) is 3.95. The molecule has 84 valence electrons. The smallest absolute Gasteiger partial charge is 0.152 e. The minimum atomic E-state index is -2.84. The fraction of sp³-hybridized carbons (Fsp3) is 1.00. The van der Waals surface area contributed by atoms with Gasteiger partial charge < -0.3 is 5.73 Å². The Morgan fingerprint density at radius 1 is 1.29 bits per heavy atom. The summed E-state index contributed by atoms with van der Waals surface area (Å²) in [5.41, 5.74) is 5.57. The van der Waals surface area contributed by atoms with Crippen LogP contribution in [0, 0.1) is 11.8 Å². The zero-order valence-electron chi connectivity index (χ0n) is 9.07. The highest BCUT2D eigenvalue weighted by Gasteiger charge is 2.30. The molecule has 1 aliphatic carbocycles. The molecule has 0 spiro atoms. The van der Waals surface area contributed by atoms with E-state index in [9.17, 15) is 8.42 Å². The largest absolute Gasteiger partial charge is 0.330 e. The van der Waals surface area contributed by atoms with E-state index in [1.165, 1.54) is 6.42 Å². The Morgan fingerprint density at radius 3 is 2.21 bits per heavy atom. The Labute approximate surface area is 87.0 Å². The van der Waals surface area contributed by atoms with Crippen LogP contribution in [0.15, 0.2) is 0 Å². The second kappa shape index (κ2) is 4.62. The second-order valence-corrected chi connectivity index (χ2v) is 7.21. The first-order chi connectivity index (χ1) is 6.47. The Bertz CT molecular complexity index is 270. The van der Waals surface area contributed by atoms with Gasteiger partial charge in [-0.2, -0.15) is 0 Å². The molecule has 1 saturated carbocycles. The van der Waals surface area contributed by atoms with Gasteiger partial charge >= 0.3 is 0 Å². The first kappa shape index (κ1) is 12.0. The zero-order chi connectivity index (χ0) is 10.8. The molecule has 4 heteroatoms. The number of hydrogen-bond acceptors (Lipinski definition) is 3. The first-order valence-electron chi connectivity index (χ1n) is 5.39. The molecule has 0 aromatic carbocycles. The number of nitrogens with two attached hydrogens (primary N) is 1. The lowest BCUT2D eigenvalue weighted by molar-refractivity contribution is 0.179. The molecule has 2 N–H and O–H groups in total. The quantitative estimate of drug-likeness (QED) is 0.755. The lowest BCUT2D eigenvalue weighted by Gasteiger charge is -2.35. The van der Waals surface area contributed by atoms with Gasteiger partial charge in [0.25, 0.3) is 0 Å². The maximum Gasteiger partial charge on any atom is 0.152 e. The van der Waals surface area contributed by atoms with Crippen molar-refractivity contribution in [3.63, 3.8) is 0 Å². The Hall–Kier alpha value is -0.0900. The minimum Gasteiger partial charge on any atom is -0.330 e. The average molecular weight is 219 g/mol. The summed E-state index contributed by atoms with van der Waals surface area (Å²) in [6.07, 6.45) is 3.15. The molecular weight excluding hydrogens is 198 g/mol. The topological polar surface area (TPSA) is 60.2 Å². The van der Waals surface area contributed by atoms with Gasteiger partial charge in [0, 0.05) is 0 Å². The predicted octanol–water partition coefficient (Wildman–Crippen LogP) is 1.18. The van der Waals surface area contributed by atoms with E-state index < -0.39 is 9.84 Å². The van der Waals surface area contributed by atoms with Crippen LogP contribution in [-0.2, 0) is 9.84 Å². The van der Waals surface area contributed by atoms with Crippen molar-refractivity contribution in [2.24, 2.45) is 17.6 Å². The van der Waals surface area contributed by atoms with Gasteiger partial charge in [0.1, 0.15) is 0 Å². The van der Waals surface area contributed by atoms with Crippen LogP contribution in [0.2, 0.25) is 0 Å². The van der Waals surface area contributed by atoms with Gasteiger partial charge in [0.2, 0.25) is 0 Å². The highest BCUT2D eigenvalue weighted by Crippen LogP contribution is 2.36. The molecule has 0 saturated heterocycles. The normalized spacial score (nSPS) is 27.7. The Balaban J connectivity index is 2.34. The molecule has 14 heavy (non-hydrogen) atoms. The predicted molar refractivity (Wildman–Crippen MR) is 58.8 cm³/mol. The lowest BCUT2D eigenvalue weighted by atomic mass is 9.72. The van der Waals surface area contributed by atoms with E-state index in [1.54, 1.807) is 13.8 Å². The van der Waals surface area contributed by atoms with Gasteiger partial charge in [-0.1, -0.05) is 0 Å². The molecule has 2 unspecified atom stereocenters. The van der Waals surface area contributed by atoms with Crippen molar-refractivity contribution >= 4 is 9.84 Å². The monoisotopic (exact) mass is 219 g/mol. The molecule has 0 aromatic heterocycles. The molecule has 0 amide bonds. The van der Waals surface area contributed by atoms with Crippen molar-refractivity contribution in [1.82, 2.24) is 0 Å². The molecule has 2 atom stereocenters. The maximum absolute atomic E-state index is 11.5. The summed E-state index contributed by atoms with van der Waals surface area (Å²) in [7, 11) is -2.84. The fourth-order valence-electron chi connectivity index (χ4n) is 1.88. The van der Waals surface area contributed by atoms with Gasteiger partial charge in [-0.15, -0.1) is 0 Å². The standard InChI is InChI=1S/C10H21NO2S/c1-8(2)14(12,13)6-5-9-3-4-10(9)7-11/h8-10H,3-7,11H2,1-2H3. The molecular formula is C10H21NO2S. The van der Waals surface area contributed by atoms with Crippen LogP contribution in [0.4, 0.5) is 0 Å². The van der Waals surface area contributed by atoms with Gasteiger partial charge in [-0.05, 0) is 51.5 Å². The van der Waals surface area contributed by atoms with Gasteiger partial charge in [-0.25, -0.2) is 8.42 Å². The third-order valence-corrected chi connectivity index (χ3v) is 5.61. The van der Waals surface area contributed by atoms with Crippen LogP contribution in [0.3, 0.4) is 0 Å². The van der Waals surface area contributed by atoms with E-state index in [1.807, 2.05) is 0 Å². The highest BCUT2D eigenvalue weighted by atomic mass is 32.2. The van der Waals surface area contributed by atoms with Crippen molar-refractivity contribution in [3.8, 4) is 0 Å². The summed E-state index contributed by atoms with van der Waals surface area (Å²) >= 11 is 0. The lowest BCUT2D eigenvalue weighted by Crippen LogP contribution is -2.34. The van der Waals surface area contributed by atoms with Crippen LogP contribution in [0.1, 0.15) is 33.1 Å². The van der Waals surface area contributed by atoms with E-state index in [2.05, 4.69) is 0 Å². The maximum atomic E-state index is 11.5. The summed E-state index contributed by atoms with van der Waals surface area (Å²) in [6.45, 7) is 4.21. The van der Waals surface area contributed by atoms with Crippen molar-refractivity contribution in [2.75, 3.05) is 12.3 Å². The van der Waals surface area contributed by atoms with E-state index in [0.29, 0.717) is 24.1 Å². The summed E-state index contributed by atoms with van der Waals surface area (Å²) in [5.74, 6) is 1.48. The van der Waals surface area contributed by atoms with E-state index >= 15 is 0 Å². The van der Waals surface area contributed by atoms with Gasteiger partial charge in [0.05, 0.1) is 11.0 Å². The van der Waals surface area contributed by atoms with Crippen molar-refractivity contribution < 1.29 is 8.42 Å². The van der Waals surface area contributed by atoms with Crippen LogP contribution >= 0.6 is 0 Å². The van der Waals surface area contributed by atoms with E-state index in [-0.39, 0.29) is 5.25 Å². The van der Waals surface area contributed by atoms with Crippen LogP contribution in [0.5, 0.6) is 0 Å². The molecule has 0 bridgehead atoms. The van der Waals surface area contributed by atoms with Crippen LogP contribution in [-0.4, -0.2) is 26.0 Å². The molecule has 3 nitrogen and oxygen atoms in total. The molecule has 0 heterocycles. The van der Waals surface area contributed by atoms with Crippen LogP contribution < -0.4 is 5.73 Å². The SMILES string of the molecule is CC(C)S(=O)(=O)CCC1CCC1CN. The Morgan fingerprint density at radius 2 is 1.86 bits per heavy atom. The van der Waals surface area contributed by atoms with E-state index in [4.69, 9.17) is 5.73 Å². The number of rotatable bonds is 5. The summed E-state index contributed by atoms with van der Waals surface area (Å²) < 4.78 is 23.1. The average Bonchev–Trinajstić information content (AvgIpc) is 2.02. The summed E-state index contributed by atoms with van der Waals surface area (Å²) in [4.78, 5) is 0. The first-order valence-corrected chi connectivity index (χ1v) is 7.10. The fourth-order valence-corrected chi connectivity index (χ4v) is 2.98. The molecule has 0 radical (unpaired) electrons. The van der Waals surface area contributed by atoms with Crippen molar-refractivity contribution in [2.45, 2.75) is 38.4 Å². The molecule has 1 aliphatic rings. The second-order valence-electron chi connectivity index (χ2n) is 4.54. The summed E-state index contributed by atoms with van der Waals surface area (Å²) in [6, 6.07) is 0. The highest BCUT2D eigenvalue weighted by molar-refractivity contribution is 7.91. The molecule has 1 rings (SSSR count).